The Labute approximate surface area is 113 Å². The number of H-pyrrole nitrogens is 1. The van der Waals surface area contributed by atoms with Crippen molar-refractivity contribution in [1.29, 1.82) is 0 Å². The van der Waals surface area contributed by atoms with E-state index in [0.717, 1.165) is 23.4 Å². The van der Waals surface area contributed by atoms with Gasteiger partial charge in [-0.2, -0.15) is 0 Å². The van der Waals surface area contributed by atoms with E-state index >= 15 is 0 Å². The number of pyridine rings is 1. The first-order valence-corrected chi connectivity index (χ1v) is 6.42. The molecular formula is C12H12IN3O. The second-order valence-electron chi connectivity index (χ2n) is 3.70. The molecule has 0 aliphatic rings. The molecule has 0 saturated heterocycles. The van der Waals surface area contributed by atoms with Crippen molar-refractivity contribution in [2.24, 2.45) is 0 Å². The number of rotatable bonds is 2. The van der Waals surface area contributed by atoms with E-state index in [1.807, 2.05) is 48.6 Å². The number of aromatic amines is 1. The number of hydrogen-bond acceptors (Lipinski definition) is 3. The van der Waals surface area contributed by atoms with Gasteiger partial charge in [0.25, 0.3) is 5.56 Å². The summed E-state index contributed by atoms with van der Waals surface area (Å²) >= 11 is 2.02. The van der Waals surface area contributed by atoms with Crippen LogP contribution in [-0.2, 0) is 6.42 Å². The normalized spacial score (nSPS) is 10.5. The van der Waals surface area contributed by atoms with Crippen LogP contribution in [-0.4, -0.2) is 15.0 Å². The van der Waals surface area contributed by atoms with E-state index in [2.05, 4.69) is 15.0 Å². The zero-order valence-corrected chi connectivity index (χ0v) is 11.8. The molecule has 2 aromatic rings. The number of halogens is 1. The Bertz CT molecular complexity index is 607. The third kappa shape index (κ3) is 2.38. The van der Waals surface area contributed by atoms with Crippen LogP contribution >= 0.6 is 22.6 Å². The van der Waals surface area contributed by atoms with Gasteiger partial charge in [-0.3, -0.25) is 9.78 Å². The Morgan fingerprint density at radius 1 is 1.47 bits per heavy atom. The summed E-state index contributed by atoms with van der Waals surface area (Å²) in [6, 6.07) is 3.82. The molecule has 17 heavy (non-hydrogen) atoms. The minimum atomic E-state index is -0.0995. The van der Waals surface area contributed by atoms with Gasteiger partial charge in [0.1, 0.15) is 5.69 Å². The van der Waals surface area contributed by atoms with Gasteiger partial charge in [0.15, 0.2) is 5.82 Å². The summed E-state index contributed by atoms with van der Waals surface area (Å²) in [7, 11) is 0. The van der Waals surface area contributed by atoms with E-state index in [4.69, 9.17) is 0 Å². The lowest BCUT2D eigenvalue weighted by molar-refractivity contribution is 0.960. The summed E-state index contributed by atoms with van der Waals surface area (Å²) in [6.07, 6.45) is 2.44. The Morgan fingerprint density at radius 3 is 2.88 bits per heavy atom. The average Bonchev–Trinajstić information content (AvgIpc) is 2.33. The van der Waals surface area contributed by atoms with Crippen LogP contribution in [0.25, 0.3) is 11.5 Å². The molecule has 1 N–H and O–H groups in total. The molecule has 0 aromatic carbocycles. The van der Waals surface area contributed by atoms with Crippen LogP contribution in [0, 0.1) is 10.5 Å². The molecule has 2 heterocycles. The smallest absolute Gasteiger partial charge is 0.264 e. The van der Waals surface area contributed by atoms with E-state index in [-0.39, 0.29) is 5.56 Å². The van der Waals surface area contributed by atoms with Gasteiger partial charge < -0.3 is 4.98 Å². The fraction of sp³-hybridized carbons (Fsp3) is 0.250. The van der Waals surface area contributed by atoms with Gasteiger partial charge in [-0.15, -0.1) is 0 Å². The Hall–Kier alpha value is -1.24. The van der Waals surface area contributed by atoms with Crippen LogP contribution in [0.5, 0.6) is 0 Å². The highest BCUT2D eigenvalue weighted by atomic mass is 127. The second-order valence-corrected chi connectivity index (χ2v) is 4.78. The number of aromatic nitrogens is 3. The number of nitrogens with zero attached hydrogens (tertiary/aromatic N) is 2. The maximum Gasteiger partial charge on any atom is 0.264 e. The highest BCUT2D eigenvalue weighted by Gasteiger charge is 2.10. The Kier molecular flexibility index (Phi) is 3.56. The van der Waals surface area contributed by atoms with Crippen molar-refractivity contribution in [1.82, 2.24) is 15.0 Å². The van der Waals surface area contributed by atoms with Crippen molar-refractivity contribution in [3.05, 3.63) is 43.5 Å². The topological polar surface area (TPSA) is 58.6 Å². The lowest BCUT2D eigenvalue weighted by Gasteiger charge is -2.06. The molecule has 4 nitrogen and oxygen atoms in total. The first kappa shape index (κ1) is 12.2. The Balaban J connectivity index is 2.66. The molecule has 0 fully saturated rings. The van der Waals surface area contributed by atoms with Crippen molar-refractivity contribution in [2.75, 3.05) is 0 Å². The molecule has 0 unspecified atom stereocenters. The number of nitrogens with one attached hydrogen (secondary N) is 1. The molecule has 0 bridgehead atoms. The van der Waals surface area contributed by atoms with E-state index in [1.165, 1.54) is 0 Å². The van der Waals surface area contributed by atoms with Crippen molar-refractivity contribution in [2.45, 2.75) is 20.3 Å². The maximum atomic E-state index is 11.8. The summed E-state index contributed by atoms with van der Waals surface area (Å²) in [6.45, 7) is 3.94. The molecule has 0 amide bonds. The summed E-state index contributed by atoms with van der Waals surface area (Å²) in [5.41, 5.74) is 2.45. The number of hydrogen-bond donors (Lipinski definition) is 1. The first-order valence-electron chi connectivity index (χ1n) is 5.34. The van der Waals surface area contributed by atoms with E-state index in [9.17, 15) is 4.79 Å². The van der Waals surface area contributed by atoms with Crippen molar-refractivity contribution >= 4 is 22.6 Å². The highest BCUT2D eigenvalue weighted by molar-refractivity contribution is 14.1. The van der Waals surface area contributed by atoms with Crippen LogP contribution in [0.15, 0.2) is 23.1 Å². The van der Waals surface area contributed by atoms with Gasteiger partial charge in [0, 0.05) is 6.20 Å². The predicted octanol–water partition coefficient (Wildman–Crippen LogP) is 2.31. The maximum absolute atomic E-state index is 11.8. The van der Waals surface area contributed by atoms with Crippen LogP contribution < -0.4 is 5.56 Å². The van der Waals surface area contributed by atoms with E-state index in [0.29, 0.717) is 9.39 Å². The van der Waals surface area contributed by atoms with Gasteiger partial charge in [0.2, 0.25) is 0 Å². The van der Waals surface area contributed by atoms with Crippen molar-refractivity contribution in [3.8, 4) is 11.5 Å². The zero-order chi connectivity index (χ0) is 12.4. The molecule has 0 aliphatic carbocycles. The van der Waals surface area contributed by atoms with Crippen LogP contribution in [0.2, 0.25) is 0 Å². The zero-order valence-electron chi connectivity index (χ0n) is 9.62. The lowest BCUT2D eigenvalue weighted by Crippen LogP contribution is -2.16. The molecule has 0 aliphatic heterocycles. The third-order valence-corrected chi connectivity index (χ3v) is 3.61. The SMILES string of the molecule is CCc1nc(-c2ncccc2C)[nH]c(=O)c1I. The van der Waals surface area contributed by atoms with E-state index in [1.54, 1.807) is 6.20 Å². The van der Waals surface area contributed by atoms with Crippen LogP contribution in [0.4, 0.5) is 0 Å². The average molecular weight is 341 g/mol. The summed E-state index contributed by atoms with van der Waals surface area (Å²) < 4.78 is 0.655. The van der Waals surface area contributed by atoms with Crippen molar-refractivity contribution in [3.63, 3.8) is 0 Å². The minimum Gasteiger partial charge on any atom is -0.304 e. The van der Waals surface area contributed by atoms with Gasteiger partial charge in [-0.25, -0.2) is 4.98 Å². The van der Waals surface area contributed by atoms with Gasteiger partial charge in [-0.1, -0.05) is 13.0 Å². The number of aryl methyl sites for hydroxylation is 2. The molecule has 5 heteroatoms. The quantitative estimate of drug-likeness (QED) is 0.853. The van der Waals surface area contributed by atoms with Gasteiger partial charge >= 0.3 is 0 Å². The lowest BCUT2D eigenvalue weighted by atomic mass is 10.2. The standard InChI is InChI=1S/C12H12IN3O/c1-3-8-9(13)12(17)16-11(15-8)10-7(2)5-4-6-14-10/h4-6H,3H2,1-2H3,(H,15,16,17). The molecule has 0 saturated carbocycles. The van der Waals surface area contributed by atoms with Crippen molar-refractivity contribution < 1.29 is 0 Å². The van der Waals surface area contributed by atoms with Gasteiger partial charge in [-0.05, 0) is 47.6 Å². The summed E-state index contributed by atoms with van der Waals surface area (Å²) in [5, 5.41) is 0. The highest BCUT2D eigenvalue weighted by Crippen LogP contribution is 2.16. The largest absolute Gasteiger partial charge is 0.304 e. The molecule has 0 radical (unpaired) electrons. The summed E-state index contributed by atoms with van der Waals surface area (Å²) in [5.74, 6) is 0.547. The Morgan fingerprint density at radius 2 is 2.24 bits per heavy atom. The molecule has 2 aromatic heterocycles. The molecule has 0 atom stereocenters. The molecule has 2 rings (SSSR count). The second kappa shape index (κ2) is 4.95. The monoisotopic (exact) mass is 341 g/mol. The predicted molar refractivity (Wildman–Crippen MR) is 74.9 cm³/mol. The fourth-order valence-corrected chi connectivity index (χ4v) is 2.22. The molecule has 0 spiro atoms. The minimum absolute atomic E-state index is 0.0995. The first-order chi connectivity index (χ1) is 8.13. The van der Waals surface area contributed by atoms with Crippen LogP contribution in [0.1, 0.15) is 18.2 Å². The van der Waals surface area contributed by atoms with E-state index < -0.39 is 0 Å². The van der Waals surface area contributed by atoms with Gasteiger partial charge in [0.05, 0.1) is 9.26 Å². The molecule has 88 valence electrons. The van der Waals surface area contributed by atoms with Crippen LogP contribution in [0.3, 0.4) is 0 Å². The fourth-order valence-electron chi connectivity index (χ4n) is 1.59. The molecular weight excluding hydrogens is 329 g/mol. The third-order valence-electron chi connectivity index (χ3n) is 2.50. The summed E-state index contributed by atoms with van der Waals surface area (Å²) in [4.78, 5) is 23.3.